The van der Waals surface area contributed by atoms with Crippen LogP contribution in [-0.2, 0) is 5.41 Å². The summed E-state index contributed by atoms with van der Waals surface area (Å²) in [5.41, 5.74) is 2.93. The molecule has 0 heterocycles. The highest BCUT2D eigenvalue weighted by Gasteiger charge is 2.44. The molecule has 0 unspecified atom stereocenters. The van der Waals surface area contributed by atoms with Crippen LogP contribution >= 0.6 is 0 Å². The van der Waals surface area contributed by atoms with Crippen LogP contribution in [0.1, 0.15) is 56.3 Å². The van der Waals surface area contributed by atoms with E-state index in [0.29, 0.717) is 11.3 Å². The van der Waals surface area contributed by atoms with Gasteiger partial charge in [0.1, 0.15) is 0 Å². The van der Waals surface area contributed by atoms with E-state index in [4.69, 9.17) is 0 Å². The van der Waals surface area contributed by atoms with E-state index in [1.165, 1.54) is 36.8 Å². The van der Waals surface area contributed by atoms with E-state index in [9.17, 15) is 5.11 Å². The number of hydrogen-bond donors (Lipinski definition) is 1. The lowest BCUT2D eigenvalue weighted by molar-refractivity contribution is 0.0712. The van der Waals surface area contributed by atoms with Gasteiger partial charge in [-0.15, -0.1) is 0 Å². The average Bonchev–Trinajstić information content (AvgIpc) is 2.31. The molecule has 1 heteroatoms. The topological polar surface area (TPSA) is 20.2 Å². The van der Waals surface area contributed by atoms with Crippen LogP contribution in [-0.4, -0.2) is 5.11 Å². The second-order valence-corrected chi connectivity index (χ2v) is 5.70. The fourth-order valence-electron chi connectivity index (χ4n) is 3.84. The first kappa shape index (κ1) is 10.3. The summed E-state index contributed by atoms with van der Waals surface area (Å²) in [5, 5.41) is 10.2. The molecule has 1 N–H and O–H groups in total. The Morgan fingerprint density at radius 2 is 2.06 bits per heavy atom. The molecule has 16 heavy (non-hydrogen) atoms. The summed E-state index contributed by atoms with van der Waals surface area (Å²) in [6.45, 7) is 2.40. The summed E-state index contributed by atoms with van der Waals surface area (Å²) in [7, 11) is 0. The molecule has 3 rings (SSSR count). The van der Waals surface area contributed by atoms with E-state index in [2.05, 4.69) is 31.2 Å². The summed E-state index contributed by atoms with van der Waals surface area (Å²) in [6, 6.07) is 8.51. The van der Waals surface area contributed by atoms with Gasteiger partial charge in [-0.2, -0.15) is 0 Å². The van der Waals surface area contributed by atoms with Crippen LogP contribution in [0.15, 0.2) is 24.3 Å². The van der Waals surface area contributed by atoms with Crippen molar-refractivity contribution in [1.29, 1.82) is 0 Å². The van der Waals surface area contributed by atoms with Gasteiger partial charge < -0.3 is 5.11 Å². The van der Waals surface area contributed by atoms with E-state index < -0.39 is 0 Å². The Hall–Kier alpha value is -0.820. The van der Waals surface area contributed by atoms with E-state index in [1.807, 2.05) is 0 Å². The Morgan fingerprint density at radius 3 is 2.94 bits per heavy atom. The van der Waals surface area contributed by atoms with Gasteiger partial charge in [-0.3, -0.25) is 0 Å². The first-order valence-corrected chi connectivity index (χ1v) is 6.49. The molecule has 0 aromatic heterocycles. The molecule has 0 amide bonds. The van der Waals surface area contributed by atoms with E-state index in [-0.39, 0.29) is 6.10 Å². The van der Waals surface area contributed by atoms with Gasteiger partial charge >= 0.3 is 0 Å². The molecule has 0 saturated heterocycles. The van der Waals surface area contributed by atoms with Gasteiger partial charge in [-0.25, -0.2) is 0 Å². The van der Waals surface area contributed by atoms with Gasteiger partial charge in [-0.1, -0.05) is 44.0 Å². The molecule has 1 nitrogen and oxygen atoms in total. The molecule has 0 bridgehead atoms. The Kier molecular flexibility index (Phi) is 2.32. The summed E-state index contributed by atoms with van der Waals surface area (Å²) in [4.78, 5) is 0. The third-order valence-electron chi connectivity index (χ3n) is 4.84. The molecule has 3 atom stereocenters. The molecule has 2 aliphatic carbocycles. The van der Waals surface area contributed by atoms with Gasteiger partial charge in [0.05, 0.1) is 6.10 Å². The molecule has 1 aromatic rings. The monoisotopic (exact) mass is 216 g/mol. The zero-order chi connectivity index (χ0) is 11.2. The van der Waals surface area contributed by atoms with Crippen molar-refractivity contribution < 1.29 is 5.11 Å². The van der Waals surface area contributed by atoms with Crippen LogP contribution in [0.5, 0.6) is 0 Å². The maximum absolute atomic E-state index is 10.2. The molecule has 0 aliphatic heterocycles. The maximum atomic E-state index is 10.2. The van der Waals surface area contributed by atoms with Gasteiger partial charge in [0.2, 0.25) is 0 Å². The van der Waals surface area contributed by atoms with E-state index in [0.717, 1.165) is 6.42 Å². The van der Waals surface area contributed by atoms with Gasteiger partial charge in [0, 0.05) is 0 Å². The average molecular weight is 216 g/mol. The highest BCUT2D eigenvalue weighted by Crippen LogP contribution is 2.52. The third-order valence-corrected chi connectivity index (χ3v) is 4.84. The highest BCUT2D eigenvalue weighted by molar-refractivity contribution is 5.39. The minimum absolute atomic E-state index is 0.229. The first-order chi connectivity index (χ1) is 7.72. The Labute approximate surface area is 97.5 Å². The number of fused-ring (bicyclic) bond motifs is 3. The fraction of sp³-hybridized carbons (Fsp3) is 0.600. The van der Waals surface area contributed by atoms with Crippen LogP contribution in [0, 0.1) is 5.92 Å². The Morgan fingerprint density at radius 1 is 1.25 bits per heavy atom. The summed E-state index contributed by atoms with van der Waals surface area (Å²) in [6.07, 6.45) is 6.01. The highest BCUT2D eigenvalue weighted by atomic mass is 16.3. The van der Waals surface area contributed by atoms with Crippen LogP contribution in [0.3, 0.4) is 0 Å². The molecule has 1 saturated carbocycles. The number of rotatable bonds is 0. The minimum Gasteiger partial charge on any atom is -0.388 e. The smallest absolute Gasteiger partial charge is 0.0795 e. The van der Waals surface area contributed by atoms with Crippen molar-refractivity contribution in [3.63, 3.8) is 0 Å². The van der Waals surface area contributed by atoms with Crippen molar-refractivity contribution in [3.8, 4) is 0 Å². The quantitative estimate of drug-likeness (QED) is 0.703. The molecular weight excluding hydrogens is 196 g/mol. The molecule has 1 fully saturated rings. The van der Waals surface area contributed by atoms with Crippen molar-refractivity contribution in [2.45, 2.75) is 50.5 Å². The predicted octanol–water partition coefficient (Wildman–Crippen LogP) is 3.57. The first-order valence-electron chi connectivity index (χ1n) is 6.49. The maximum Gasteiger partial charge on any atom is 0.0795 e. The van der Waals surface area contributed by atoms with Crippen LogP contribution < -0.4 is 0 Å². The largest absolute Gasteiger partial charge is 0.388 e. The van der Waals surface area contributed by atoms with E-state index in [1.54, 1.807) is 0 Å². The molecule has 1 aromatic carbocycles. The number of benzene rings is 1. The lowest BCUT2D eigenvalue weighted by Crippen LogP contribution is -2.40. The van der Waals surface area contributed by atoms with Crippen LogP contribution in [0.2, 0.25) is 0 Å². The number of hydrogen-bond acceptors (Lipinski definition) is 1. The molecule has 86 valence electrons. The van der Waals surface area contributed by atoms with Gasteiger partial charge in [0.15, 0.2) is 0 Å². The fourth-order valence-corrected chi connectivity index (χ4v) is 3.84. The molecular formula is C15H20O. The Bertz CT molecular complexity index is 398. The lowest BCUT2D eigenvalue weighted by atomic mass is 9.58. The second kappa shape index (κ2) is 3.59. The number of aliphatic hydroxyl groups excluding tert-OH is 1. The summed E-state index contributed by atoms with van der Waals surface area (Å²) in [5.74, 6) is 0.686. The lowest BCUT2D eigenvalue weighted by Gasteiger charge is -2.47. The van der Waals surface area contributed by atoms with Crippen LogP contribution in [0.25, 0.3) is 0 Å². The predicted molar refractivity (Wildman–Crippen MR) is 65.3 cm³/mol. The SMILES string of the molecule is C[C@]12CCCC[C@H]1C[C@@H](O)c1ccccc12. The summed E-state index contributed by atoms with van der Waals surface area (Å²) >= 11 is 0. The zero-order valence-electron chi connectivity index (χ0n) is 9.95. The second-order valence-electron chi connectivity index (χ2n) is 5.70. The van der Waals surface area contributed by atoms with Gasteiger partial charge in [0.25, 0.3) is 0 Å². The molecule has 0 spiro atoms. The van der Waals surface area contributed by atoms with Crippen molar-refractivity contribution in [3.05, 3.63) is 35.4 Å². The normalized spacial score (nSPS) is 37.6. The standard InChI is InChI=1S/C15H20O/c1-15-9-5-4-6-11(15)10-14(16)12-7-2-3-8-13(12)15/h2-3,7-8,11,14,16H,4-6,9-10H2,1H3/t11-,14+,15-/m0/s1. The van der Waals surface area contributed by atoms with Crippen molar-refractivity contribution >= 4 is 0 Å². The third kappa shape index (κ3) is 1.34. The summed E-state index contributed by atoms with van der Waals surface area (Å²) < 4.78 is 0. The zero-order valence-corrected chi connectivity index (χ0v) is 9.95. The number of aliphatic hydroxyl groups is 1. The van der Waals surface area contributed by atoms with Crippen molar-refractivity contribution in [1.82, 2.24) is 0 Å². The van der Waals surface area contributed by atoms with Crippen molar-refractivity contribution in [2.75, 3.05) is 0 Å². The Balaban J connectivity index is 2.12. The molecule has 2 aliphatic rings. The van der Waals surface area contributed by atoms with Gasteiger partial charge in [-0.05, 0) is 41.7 Å². The van der Waals surface area contributed by atoms with Crippen molar-refractivity contribution in [2.24, 2.45) is 5.92 Å². The van der Waals surface area contributed by atoms with E-state index >= 15 is 0 Å². The van der Waals surface area contributed by atoms with Crippen LogP contribution in [0.4, 0.5) is 0 Å². The molecule has 0 radical (unpaired) electrons. The minimum atomic E-state index is -0.229.